The van der Waals surface area contributed by atoms with Gasteiger partial charge >= 0.3 is 10.1 Å². The Labute approximate surface area is 76.7 Å². The van der Waals surface area contributed by atoms with Gasteiger partial charge in [-0.05, 0) is 12.1 Å². The number of anilines is 1. The van der Waals surface area contributed by atoms with Gasteiger partial charge in [-0.15, -0.1) is 0 Å². The molecule has 13 heavy (non-hydrogen) atoms. The van der Waals surface area contributed by atoms with Crippen LogP contribution < -0.4 is 5.32 Å². The molecule has 1 aromatic carbocycles. The number of hydrogen-bond acceptors (Lipinski definition) is 3. The Bertz CT molecular complexity index is 397. The van der Waals surface area contributed by atoms with Gasteiger partial charge in [0.2, 0.25) is 0 Å². The average molecular weight is 199 g/mol. The first-order valence-electron chi connectivity index (χ1n) is 3.48. The van der Waals surface area contributed by atoms with Crippen molar-refractivity contribution in [2.75, 3.05) is 5.32 Å². The summed E-state index contributed by atoms with van der Waals surface area (Å²) in [5.41, 5.74) is 0.560. The van der Waals surface area contributed by atoms with Crippen molar-refractivity contribution in [1.29, 1.82) is 0 Å². The molecule has 1 aromatic rings. The predicted octanol–water partition coefficient (Wildman–Crippen LogP) is 1.46. The Hall–Kier alpha value is -1.33. The topological polar surface area (TPSA) is 66.4 Å². The van der Waals surface area contributed by atoms with Crippen LogP contribution in [0.15, 0.2) is 41.9 Å². The summed E-state index contributed by atoms with van der Waals surface area (Å²) in [7, 11) is -4.21. The Morgan fingerprint density at radius 2 is 1.85 bits per heavy atom. The molecule has 70 valence electrons. The lowest BCUT2D eigenvalue weighted by Gasteiger charge is -2.05. The van der Waals surface area contributed by atoms with Gasteiger partial charge in [-0.3, -0.25) is 4.55 Å². The highest BCUT2D eigenvalue weighted by molar-refractivity contribution is 7.89. The zero-order chi connectivity index (χ0) is 9.90. The number of rotatable bonds is 3. The van der Waals surface area contributed by atoms with Gasteiger partial charge in [0.15, 0.2) is 5.03 Å². The van der Waals surface area contributed by atoms with Crippen LogP contribution in [0.3, 0.4) is 0 Å². The number of benzene rings is 1. The summed E-state index contributed by atoms with van der Waals surface area (Å²) in [5.74, 6) is 0. The highest BCUT2D eigenvalue weighted by atomic mass is 32.2. The molecule has 0 saturated carbocycles. The summed E-state index contributed by atoms with van der Waals surface area (Å²) >= 11 is 0. The van der Waals surface area contributed by atoms with E-state index in [0.717, 1.165) is 0 Å². The first-order chi connectivity index (χ1) is 6.00. The zero-order valence-electron chi connectivity index (χ0n) is 6.77. The van der Waals surface area contributed by atoms with Gasteiger partial charge < -0.3 is 5.32 Å². The molecule has 4 nitrogen and oxygen atoms in total. The zero-order valence-corrected chi connectivity index (χ0v) is 7.58. The Morgan fingerprint density at radius 3 is 2.31 bits per heavy atom. The van der Waals surface area contributed by atoms with E-state index in [-0.39, 0.29) is 0 Å². The van der Waals surface area contributed by atoms with E-state index in [0.29, 0.717) is 5.69 Å². The summed E-state index contributed by atoms with van der Waals surface area (Å²) < 4.78 is 29.6. The van der Waals surface area contributed by atoms with Crippen LogP contribution in [0, 0.1) is 0 Å². The van der Waals surface area contributed by atoms with E-state index in [1.807, 2.05) is 0 Å². The van der Waals surface area contributed by atoms with Crippen molar-refractivity contribution >= 4 is 15.8 Å². The van der Waals surface area contributed by atoms with E-state index in [2.05, 4.69) is 11.9 Å². The quantitative estimate of drug-likeness (QED) is 0.723. The molecule has 0 bridgehead atoms. The fraction of sp³-hybridized carbons (Fsp3) is 0. The molecule has 0 amide bonds. The molecule has 5 heteroatoms. The third-order valence-corrected chi connectivity index (χ3v) is 2.09. The van der Waals surface area contributed by atoms with Crippen LogP contribution >= 0.6 is 0 Å². The van der Waals surface area contributed by atoms with Gasteiger partial charge in [0.05, 0.1) is 0 Å². The Kier molecular flexibility index (Phi) is 2.69. The van der Waals surface area contributed by atoms with Crippen LogP contribution in [-0.2, 0) is 10.1 Å². The van der Waals surface area contributed by atoms with Gasteiger partial charge in [-0.2, -0.15) is 8.42 Å². The molecular formula is C8H9NO3S. The monoisotopic (exact) mass is 199 g/mol. The third-order valence-electron chi connectivity index (χ3n) is 1.37. The molecule has 0 radical (unpaired) electrons. The lowest BCUT2D eigenvalue weighted by molar-refractivity contribution is 0.491. The molecule has 0 unspecified atom stereocenters. The molecule has 0 aromatic heterocycles. The summed E-state index contributed by atoms with van der Waals surface area (Å²) in [5, 5.41) is 2.02. The number of hydrogen-bond donors (Lipinski definition) is 2. The maximum atomic E-state index is 10.5. The van der Waals surface area contributed by atoms with Crippen LogP contribution in [-0.4, -0.2) is 13.0 Å². The van der Waals surface area contributed by atoms with Gasteiger partial charge in [0.25, 0.3) is 0 Å². The standard InChI is InChI=1S/C8H9NO3S/c1-7(13(10,11)12)9-8-5-3-2-4-6-8/h2-6,9H,1H2,(H,10,11,12). The van der Waals surface area contributed by atoms with E-state index < -0.39 is 15.1 Å². The second-order valence-electron chi connectivity index (χ2n) is 2.39. The Morgan fingerprint density at radius 1 is 1.31 bits per heavy atom. The van der Waals surface area contributed by atoms with Crippen molar-refractivity contribution in [3.05, 3.63) is 41.9 Å². The highest BCUT2D eigenvalue weighted by Crippen LogP contribution is 2.10. The minimum Gasteiger partial charge on any atom is -0.345 e. The van der Waals surface area contributed by atoms with Crippen LogP contribution in [0.25, 0.3) is 0 Å². The van der Waals surface area contributed by atoms with E-state index in [9.17, 15) is 8.42 Å². The third kappa shape index (κ3) is 2.89. The molecule has 0 aliphatic rings. The van der Waals surface area contributed by atoms with Crippen molar-refractivity contribution < 1.29 is 13.0 Å². The number of para-hydroxylation sites is 1. The molecule has 0 fully saturated rings. The first kappa shape index (κ1) is 9.76. The van der Waals surface area contributed by atoms with Crippen LogP contribution in [0.2, 0.25) is 0 Å². The molecule has 0 saturated heterocycles. The molecule has 0 atom stereocenters. The van der Waals surface area contributed by atoms with E-state index in [1.165, 1.54) is 0 Å². The van der Waals surface area contributed by atoms with E-state index in [1.54, 1.807) is 30.3 Å². The van der Waals surface area contributed by atoms with Crippen molar-refractivity contribution in [3.63, 3.8) is 0 Å². The molecular weight excluding hydrogens is 190 g/mol. The molecule has 1 rings (SSSR count). The lowest BCUT2D eigenvalue weighted by Crippen LogP contribution is -2.09. The van der Waals surface area contributed by atoms with Crippen LogP contribution in [0.5, 0.6) is 0 Å². The number of nitrogens with one attached hydrogen (secondary N) is 1. The van der Waals surface area contributed by atoms with Crippen molar-refractivity contribution in [1.82, 2.24) is 0 Å². The molecule has 0 aliphatic carbocycles. The van der Waals surface area contributed by atoms with Crippen LogP contribution in [0.4, 0.5) is 5.69 Å². The summed E-state index contributed by atoms with van der Waals surface area (Å²) in [6, 6.07) is 8.59. The van der Waals surface area contributed by atoms with Crippen molar-refractivity contribution in [2.24, 2.45) is 0 Å². The minimum absolute atomic E-state index is 0.432. The van der Waals surface area contributed by atoms with Gasteiger partial charge in [-0.25, -0.2) is 0 Å². The summed E-state index contributed by atoms with van der Waals surface area (Å²) in [6.45, 7) is 3.17. The van der Waals surface area contributed by atoms with Crippen molar-refractivity contribution in [2.45, 2.75) is 0 Å². The second kappa shape index (κ2) is 3.59. The highest BCUT2D eigenvalue weighted by Gasteiger charge is 2.09. The van der Waals surface area contributed by atoms with Crippen LogP contribution in [0.1, 0.15) is 0 Å². The Balaban J connectivity index is 2.78. The fourth-order valence-electron chi connectivity index (χ4n) is 0.747. The largest absolute Gasteiger partial charge is 0.345 e. The molecule has 0 heterocycles. The molecule has 0 spiro atoms. The van der Waals surface area contributed by atoms with Crippen molar-refractivity contribution in [3.8, 4) is 0 Å². The molecule has 2 N–H and O–H groups in total. The second-order valence-corrected chi connectivity index (χ2v) is 3.83. The predicted molar refractivity (Wildman–Crippen MR) is 50.8 cm³/mol. The average Bonchev–Trinajstić information content (AvgIpc) is 2.04. The maximum absolute atomic E-state index is 10.5. The summed E-state index contributed by atoms with van der Waals surface area (Å²) in [4.78, 5) is 0. The first-order valence-corrected chi connectivity index (χ1v) is 4.92. The van der Waals surface area contributed by atoms with Gasteiger partial charge in [0.1, 0.15) is 0 Å². The lowest BCUT2D eigenvalue weighted by atomic mass is 10.3. The SMILES string of the molecule is C=C(Nc1ccccc1)S(=O)(=O)O. The van der Waals surface area contributed by atoms with Gasteiger partial charge in [0, 0.05) is 5.69 Å². The minimum atomic E-state index is -4.21. The maximum Gasteiger partial charge on any atom is 0.309 e. The van der Waals surface area contributed by atoms with E-state index >= 15 is 0 Å². The summed E-state index contributed by atoms with van der Waals surface area (Å²) in [6.07, 6.45) is 0. The van der Waals surface area contributed by atoms with Gasteiger partial charge in [-0.1, -0.05) is 24.8 Å². The van der Waals surface area contributed by atoms with E-state index in [4.69, 9.17) is 4.55 Å². The normalized spacial score (nSPS) is 10.8. The smallest absolute Gasteiger partial charge is 0.309 e. The molecule has 0 aliphatic heterocycles. The fourth-order valence-corrected chi connectivity index (χ4v) is 0.994.